The molecule has 0 aliphatic carbocycles. The number of nitrogens with zero attached hydrogens (tertiary/aromatic N) is 3. The van der Waals surface area contributed by atoms with Crippen molar-refractivity contribution in [1.82, 2.24) is 9.66 Å². The van der Waals surface area contributed by atoms with E-state index in [1.807, 2.05) is 6.07 Å². The van der Waals surface area contributed by atoms with E-state index in [0.717, 1.165) is 0 Å². The summed E-state index contributed by atoms with van der Waals surface area (Å²) in [5.41, 5.74) is 0.847. The summed E-state index contributed by atoms with van der Waals surface area (Å²) in [5, 5.41) is 13.8. The maximum Gasteiger partial charge on any atom is 0.336 e. The minimum Gasteiger partial charge on any atom is -0.478 e. The van der Waals surface area contributed by atoms with Gasteiger partial charge < -0.3 is 5.11 Å². The smallest absolute Gasteiger partial charge is 0.336 e. The fraction of sp³-hybridized carbons (Fsp3) is 0.0588. The van der Waals surface area contributed by atoms with Gasteiger partial charge >= 0.3 is 5.97 Å². The normalized spacial score (nSPS) is 11.2. The minimum absolute atomic E-state index is 0.121. The summed E-state index contributed by atoms with van der Waals surface area (Å²) < 4.78 is 1.17. The Balaban J connectivity index is 2.12. The first-order valence-electron chi connectivity index (χ1n) is 6.93. The fourth-order valence-electron chi connectivity index (χ4n) is 2.29. The van der Waals surface area contributed by atoms with Crippen LogP contribution in [0.2, 0.25) is 0 Å². The molecule has 0 spiro atoms. The molecule has 0 saturated carbocycles. The minimum atomic E-state index is -1.05. The first-order chi connectivity index (χ1) is 11.1. The van der Waals surface area contributed by atoms with Crippen molar-refractivity contribution in [2.75, 3.05) is 0 Å². The van der Waals surface area contributed by atoms with E-state index in [1.165, 1.54) is 17.0 Å². The Bertz CT molecular complexity index is 990. The van der Waals surface area contributed by atoms with Crippen molar-refractivity contribution in [1.29, 1.82) is 0 Å². The summed E-state index contributed by atoms with van der Waals surface area (Å²) in [5.74, 6) is -0.620. The Kier molecular flexibility index (Phi) is 3.72. The topological polar surface area (TPSA) is 84.5 Å². The van der Waals surface area contributed by atoms with Crippen LogP contribution in [0.5, 0.6) is 0 Å². The number of carboxylic acid groups (broad SMARTS) is 1. The van der Waals surface area contributed by atoms with Crippen LogP contribution in [-0.2, 0) is 0 Å². The highest BCUT2D eigenvalue weighted by molar-refractivity contribution is 5.98. The number of aryl methyl sites for hydroxylation is 1. The van der Waals surface area contributed by atoms with Crippen molar-refractivity contribution < 1.29 is 9.90 Å². The third-order valence-electron chi connectivity index (χ3n) is 3.42. The van der Waals surface area contributed by atoms with Gasteiger partial charge in [-0.15, -0.1) is 0 Å². The van der Waals surface area contributed by atoms with Crippen molar-refractivity contribution in [2.45, 2.75) is 6.92 Å². The Hall–Kier alpha value is -3.28. The van der Waals surface area contributed by atoms with E-state index < -0.39 is 5.97 Å². The summed E-state index contributed by atoms with van der Waals surface area (Å²) in [6.45, 7) is 1.67. The van der Waals surface area contributed by atoms with Crippen LogP contribution < -0.4 is 5.56 Å². The van der Waals surface area contributed by atoms with Gasteiger partial charge in [0.2, 0.25) is 0 Å². The van der Waals surface area contributed by atoms with Crippen molar-refractivity contribution in [3.05, 3.63) is 75.8 Å². The number of fused-ring (bicyclic) bond motifs is 1. The third kappa shape index (κ3) is 2.74. The molecule has 0 unspecified atom stereocenters. The summed E-state index contributed by atoms with van der Waals surface area (Å²) >= 11 is 0. The van der Waals surface area contributed by atoms with Gasteiger partial charge in [0.1, 0.15) is 5.82 Å². The highest BCUT2D eigenvalue weighted by atomic mass is 16.4. The van der Waals surface area contributed by atoms with Crippen LogP contribution in [0, 0.1) is 6.92 Å². The predicted octanol–water partition coefficient (Wildman–Crippen LogP) is 2.29. The van der Waals surface area contributed by atoms with Crippen molar-refractivity contribution in [2.24, 2.45) is 5.10 Å². The number of carboxylic acids is 1. The largest absolute Gasteiger partial charge is 0.478 e. The molecule has 0 amide bonds. The van der Waals surface area contributed by atoms with E-state index in [9.17, 15) is 14.7 Å². The lowest BCUT2D eigenvalue weighted by atomic mass is 10.1. The second kappa shape index (κ2) is 5.84. The molecule has 114 valence electrons. The molecule has 0 radical (unpaired) electrons. The van der Waals surface area contributed by atoms with E-state index in [0.29, 0.717) is 22.3 Å². The zero-order valence-electron chi connectivity index (χ0n) is 12.3. The lowest BCUT2D eigenvalue weighted by Crippen LogP contribution is -2.20. The highest BCUT2D eigenvalue weighted by Crippen LogP contribution is 2.09. The lowest BCUT2D eigenvalue weighted by molar-refractivity contribution is 0.0697. The zero-order valence-corrected chi connectivity index (χ0v) is 12.3. The maximum absolute atomic E-state index is 12.5. The van der Waals surface area contributed by atoms with E-state index in [2.05, 4.69) is 10.1 Å². The van der Waals surface area contributed by atoms with Gasteiger partial charge in [-0.05, 0) is 25.1 Å². The molecule has 3 rings (SSSR count). The van der Waals surface area contributed by atoms with Crippen LogP contribution in [0.4, 0.5) is 0 Å². The average Bonchev–Trinajstić information content (AvgIpc) is 2.55. The number of benzene rings is 2. The first-order valence-corrected chi connectivity index (χ1v) is 6.93. The second-order valence-corrected chi connectivity index (χ2v) is 4.93. The standard InChI is InChI=1S/C17H13N3O3/c1-11-19-15-9-5-4-8-14(15)16(21)20(11)18-10-12-6-2-3-7-13(12)17(22)23/h2-10H,1H3,(H,22,23). The van der Waals surface area contributed by atoms with Crippen LogP contribution in [0.3, 0.4) is 0 Å². The molecule has 3 aromatic rings. The quantitative estimate of drug-likeness (QED) is 0.752. The van der Waals surface area contributed by atoms with Crippen molar-refractivity contribution in [3.63, 3.8) is 0 Å². The molecule has 0 aliphatic heterocycles. The van der Waals surface area contributed by atoms with E-state index in [4.69, 9.17) is 0 Å². The molecule has 0 atom stereocenters. The number of aromatic nitrogens is 2. The summed E-state index contributed by atoms with van der Waals surface area (Å²) in [4.78, 5) is 28.0. The second-order valence-electron chi connectivity index (χ2n) is 4.93. The Morgan fingerprint density at radius 3 is 2.65 bits per heavy atom. The predicted molar refractivity (Wildman–Crippen MR) is 87.1 cm³/mol. The summed E-state index contributed by atoms with van der Waals surface area (Å²) in [6.07, 6.45) is 1.36. The molecule has 0 fully saturated rings. The average molecular weight is 307 g/mol. The van der Waals surface area contributed by atoms with Crippen LogP contribution in [0.1, 0.15) is 21.7 Å². The van der Waals surface area contributed by atoms with Crippen LogP contribution in [-0.4, -0.2) is 27.0 Å². The third-order valence-corrected chi connectivity index (χ3v) is 3.42. The number of aromatic carboxylic acids is 1. The van der Waals surface area contributed by atoms with Gasteiger partial charge in [0, 0.05) is 5.56 Å². The number of rotatable bonds is 3. The molecule has 1 aromatic heterocycles. The van der Waals surface area contributed by atoms with Gasteiger partial charge in [-0.1, -0.05) is 30.3 Å². The number of hydrogen-bond acceptors (Lipinski definition) is 4. The Morgan fingerprint density at radius 1 is 1.17 bits per heavy atom. The van der Waals surface area contributed by atoms with Gasteiger partial charge in [0.25, 0.3) is 5.56 Å². The lowest BCUT2D eigenvalue weighted by Gasteiger charge is -2.05. The molecule has 0 saturated heterocycles. The molecule has 0 aliphatic rings. The first kappa shape index (κ1) is 14.6. The molecule has 6 nitrogen and oxygen atoms in total. The number of para-hydroxylation sites is 1. The van der Waals surface area contributed by atoms with Gasteiger partial charge in [0.15, 0.2) is 0 Å². The maximum atomic E-state index is 12.5. The van der Waals surface area contributed by atoms with Gasteiger partial charge in [-0.3, -0.25) is 4.79 Å². The summed E-state index contributed by atoms with van der Waals surface area (Å²) in [6, 6.07) is 13.5. The molecular formula is C17H13N3O3. The SMILES string of the molecule is Cc1nc2ccccc2c(=O)n1N=Cc1ccccc1C(=O)O. The van der Waals surface area contributed by atoms with Crippen LogP contribution in [0.15, 0.2) is 58.4 Å². The van der Waals surface area contributed by atoms with Gasteiger partial charge in [-0.25, -0.2) is 9.78 Å². The molecule has 0 bridgehead atoms. The Morgan fingerprint density at radius 2 is 1.87 bits per heavy atom. The van der Waals surface area contributed by atoms with Crippen LogP contribution in [0.25, 0.3) is 10.9 Å². The number of carbonyl (C=O) groups is 1. The number of hydrogen-bond donors (Lipinski definition) is 1. The van der Waals surface area contributed by atoms with E-state index >= 15 is 0 Å². The van der Waals surface area contributed by atoms with Gasteiger partial charge in [-0.2, -0.15) is 9.78 Å². The van der Waals surface area contributed by atoms with Crippen molar-refractivity contribution >= 4 is 23.1 Å². The zero-order chi connectivity index (χ0) is 16.4. The van der Waals surface area contributed by atoms with Crippen LogP contribution >= 0.6 is 0 Å². The van der Waals surface area contributed by atoms with Crippen molar-refractivity contribution in [3.8, 4) is 0 Å². The van der Waals surface area contributed by atoms with E-state index in [1.54, 1.807) is 43.3 Å². The molecule has 6 heteroatoms. The van der Waals surface area contributed by atoms with E-state index in [-0.39, 0.29) is 11.1 Å². The highest BCUT2D eigenvalue weighted by Gasteiger charge is 2.09. The molecule has 2 aromatic carbocycles. The van der Waals surface area contributed by atoms with Gasteiger partial charge in [0.05, 0.1) is 22.7 Å². The fourth-order valence-corrected chi connectivity index (χ4v) is 2.29. The summed E-state index contributed by atoms with van der Waals surface area (Å²) in [7, 11) is 0. The molecule has 1 heterocycles. The Labute approximate surface area is 131 Å². The molecule has 23 heavy (non-hydrogen) atoms. The molecule has 1 N–H and O–H groups in total. The molecular weight excluding hydrogens is 294 g/mol. The monoisotopic (exact) mass is 307 g/mol.